The second-order valence-electron chi connectivity index (χ2n) is 4.56. The fraction of sp³-hybridized carbons (Fsp3) is 1.00. The van der Waals surface area contributed by atoms with E-state index in [2.05, 4.69) is 55.4 Å². The molecule has 0 aromatic rings. The van der Waals surface area contributed by atoms with E-state index in [4.69, 9.17) is 0 Å². The van der Waals surface area contributed by atoms with Gasteiger partial charge in [-0.25, -0.2) is 0 Å². The van der Waals surface area contributed by atoms with E-state index in [-0.39, 0.29) is 0 Å². The highest BCUT2D eigenvalue weighted by atomic mass is 79.9. The van der Waals surface area contributed by atoms with Gasteiger partial charge in [0.05, 0.1) is 0 Å². The molecule has 0 aliphatic carbocycles. The van der Waals surface area contributed by atoms with Gasteiger partial charge in [-0.05, 0) is 35.7 Å². The second-order valence-corrected chi connectivity index (χ2v) is 6.60. The Bertz CT molecular complexity index is 118. The van der Waals surface area contributed by atoms with Crippen LogP contribution in [0.1, 0.15) is 40.5 Å². The first-order valence-electron chi connectivity index (χ1n) is 5.16. The summed E-state index contributed by atoms with van der Waals surface area (Å²) in [6.45, 7) is 9.25. The van der Waals surface area contributed by atoms with E-state index in [0.717, 1.165) is 11.2 Å². The SMILES string of the molecule is CCSCCCC(CBr)C(C)(C)C. The third kappa shape index (κ3) is 6.84. The van der Waals surface area contributed by atoms with Crippen LogP contribution in [0, 0.1) is 11.3 Å². The van der Waals surface area contributed by atoms with E-state index in [1.54, 1.807) is 0 Å². The van der Waals surface area contributed by atoms with Gasteiger partial charge < -0.3 is 0 Å². The third-order valence-corrected chi connectivity index (χ3v) is 4.22. The zero-order valence-electron chi connectivity index (χ0n) is 9.40. The first-order chi connectivity index (χ1) is 6.02. The van der Waals surface area contributed by atoms with Gasteiger partial charge in [0.1, 0.15) is 0 Å². The number of rotatable bonds is 6. The maximum absolute atomic E-state index is 3.61. The van der Waals surface area contributed by atoms with Gasteiger partial charge >= 0.3 is 0 Å². The Morgan fingerprint density at radius 2 is 1.92 bits per heavy atom. The predicted molar refractivity (Wildman–Crippen MR) is 69.0 cm³/mol. The average Bonchev–Trinajstić information content (AvgIpc) is 2.02. The lowest BCUT2D eigenvalue weighted by Gasteiger charge is -2.29. The Hall–Kier alpha value is 0.830. The van der Waals surface area contributed by atoms with E-state index < -0.39 is 0 Å². The molecule has 0 fully saturated rings. The summed E-state index contributed by atoms with van der Waals surface area (Å²) in [7, 11) is 0. The summed E-state index contributed by atoms with van der Waals surface area (Å²) >= 11 is 5.67. The predicted octanol–water partition coefficient (Wildman–Crippen LogP) is 4.58. The van der Waals surface area contributed by atoms with Gasteiger partial charge in [-0.15, -0.1) is 0 Å². The highest BCUT2D eigenvalue weighted by molar-refractivity contribution is 9.09. The van der Waals surface area contributed by atoms with Crippen LogP contribution >= 0.6 is 27.7 Å². The van der Waals surface area contributed by atoms with Crippen LogP contribution in [0.25, 0.3) is 0 Å². The van der Waals surface area contributed by atoms with Crippen LogP contribution in [0.5, 0.6) is 0 Å². The molecule has 0 N–H and O–H groups in total. The molecule has 0 aliphatic rings. The summed E-state index contributed by atoms with van der Waals surface area (Å²) in [6.07, 6.45) is 2.73. The highest BCUT2D eigenvalue weighted by Crippen LogP contribution is 2.31. The smallest absolute Gasteiger partial charge is 0.00646 e. The molecule has 1 atom stereocenters. The van der Waals surface area contributed by atoms with Crippen LogP contribution in [0.3, 0.4) is 0 Å². The summed E-state index contributed by atoms with van der Waals surface area (Å²) in [5.74, 6) is 3.41. The quantitative estimate of drug-likeness (QED) is 0.501. The molecule has 0 heterocycles. The zero-order chi connectivity index (χ0) is 10.3. The largest absolute Gasteiger partial charge is 0.162 e. The molecule has 0 aliphatic heterocycles. The molecule has 2 heteroatoms. The molecule has 0 saturated carbocycles. The normalized spacial score (nSPS) is 14.5. The van der Waals surface area contributed by atoms with Gasteiger partial charge in [-0.2, -0.15) is 11.8 Å². The summed E-state index contributed by atoms with van der Waals surface area (Å²) in [5.41, 5.74) is 0.459. The lowest BCUT2D eigenvalue weighted by molar-refractivity contribution is 0.252. The summed E-state index contributed by atoms with van der Waals surface area (Å²) < 4.78 is 0. The molecule has 0 aromatic carbocycles. The molecule has 1 unspecified atom stereocenters. The van der Waals surface area contributed by atoms with E-state index >= 15 is 0 Å². The highest BCUT2D eigenvalue weighted by Gasteiger charge is 2.22. The fourth-order valence-corrected chi connectivity index (χ4v) is 3.27. The minimum absolute atomic E-state index is 0.459. The molecule has 0 aromatic heterocycles. The minimum Gasteiger partial charge on any atom is -0.162 e. The summed E-state index contributed by atoms with van der Waals surface area (Å²) in [5, 5.41) is 1.15. The third-order valence-electron chi connectivity index (χ3n) is 2.46. The number of hydrogen-bond acceptors (Lipinski definition) is 1. The molecule has 80 valence electrons. The zero-order valence-corrected chi connectivity index (χ0v) is 11.8. The van der Waals surface area contributed by atoms with Crippen LogP contribution in [0.4, 0.5) is 0 Å². The molecular weight excluding hydrogens is 244 g/mol. The molecule has 0 nitrogen and oxygen atoms in total. The standard InChI is InChI=1S/C11H23BrS/c1-5-13-8-6-7-10(9-12)11(2,3)4/h10H,5-9H2,1-4H3. The summed E-state index contributed by atoms with van der Waals surface area (Å²) in [6, 6.07) is 0. The van der Waals surface area contributed by atoms with Gasteiger partial charge in [-0.3, -0.25) is 0 Å². The van der Waals surface area contributed by atoms with Crippen LogP contribution < -0.4 is 0 Å². The average molecular weight is 267 g/mol. The van der Waals surface area contributed by atoms with Crippen LogP contribution in [0.2, 0.25) is 0 Å². The number of halogens is 1. The first kappa shape index (κ1) is 13.8. The number of thioether (sulfide) groups is 1. The minimum atomic E-state index is 0.459. The van der Waals surface area contributed by atoms with Crippen LogP contribution in [-0.4, -0.2) is 16.8 Å². The van der Waals surface area contributed by atoms with Crippen molar-refractivity contribution < 1.29 is 0 Å². The van der Waals surface area contributed by atoms with Gasteiger partial charge in [0.25, 0.3) is 0 Å². The Morgan fingerprint density at radius 3 is 2.31 bits per heavy atom. The Kier molecular flexibility index (Phi) is 7.62. The monoisotopic (exact) mass is 266 g/mol. The van der Waals surface area contributed by atoms with Gasteiger partial charge in [-0.1, -0.05) is 43.6 Å². The van der Waals surface area contributed by atoms with E-state index in [1.165, 1.54) is 24.3 Å². The van der Waals surface area contributed by atoms with Crippen molar-refractivity contribution in [1.82, 2.24) is 0 Å². The maximum atomic E-state index is 3.61. The van der Waals surface area contributed by atoms with Crippen molar-refractivity contribution in [2.75, 3.05) is 16.8 Å². The molecule has 0 amide bonds. The molecule has 0 spiro atoms. The van der Waals surface area contributed by atoms with Crippen molar-refractivity contribution in [2.45, 2.75) is 40.5 Å². The molecule has 0 bridgehead atoms. The van der Waals surface area contributed by atoms with Crippen molar-refractivity contribution >= 4 is 27.7 Å². The maximum Gasteiger partial charge on any atom is 0.00646 e. The Labute approximate surface area is 96.4 Å². The van der Waals surface area contributed by atoms with E-state index in [9.17, 15) is 0 Å². The van der Waals surface area contributed by atoms with Crippen LogP contribution in [-0.2, 0) is 0 Å². The topological polar surface area (TPSA) is 0 Å². The van der Waals surface area contributed by atoms with Crippen LogP contribution in [0.15, 0.2) is 0 Å². The van der Waals surface area contributed by atoms with Crippen molar-refractivity contribution in [2.24, 2.45) is 11.3 Å². The molecule has 13 heavy (non-hydrogen) atoms. The lowest BCUT2D eigenvalue weighted by Crippen LogP contribution is -2.21. The molecular formula is C11H23BrS. The first-order valence-corrected chi connectivity index (χ1v) is 7.43. The van der Waals surface area contributed by atoms with Gasteiger partial charge in [0.15, 0.2) is 0 Å². The van der Waals surface area contributed by atoms with Crippen molar-refractivity contribution in [3.05, 3.63) is 0 Å². The van der Waals surface area contributed by atoms with Gasteiger partial charge in [0, 0.05) is 5.33 Å². The molecule has 0 saturated heterocycles. The second kappa shape index (κ2) is 7.17. The van der Waals surface area contributed by atoms with Crippen molar-refractivity contribution in [1.29, 1.82) is 0 Å². The van der Waals surface area contributed by atoms with Crippen molar-refractivity contribution in [3.8, 4) is 0 Å². The van der Waals surface area contributed by atoms with E-state index in [1.807, 2.05) is 0 Å². The Balaban J connectivity index is 3.61. The van der Waals surface area contributed by atoms with Gasteiger partial charge in [0.2, 0.25) is 0 Å². The van der Waals surface area contributed by atoms with E-state index in [0.29, 0.717) is 5.41 Å². The molecule has 0 radical (unpaired) electrons. The Morgan fingerprint density at radius 1 is 1.31 bits per heavy atom. The summed E-state index contributed by atoms with van der Waals surface area (Å²) in [4.78, 5) is 0. The molecule has 0 rings (SSSR count). The fourth-order valence-electron chi connectivity index (χ4n) is 1.32. The number of hydrogen-bond donors (Lipinski definition) is 0. The lowest BCUT2D eigenvalue weighted by atomic mass is 9.79. The number of alkyl halides is 1. The van der Waals surface area contributed by atoms with Crippen molar-refractivity contribution in [3.63, 3.8) is 0 Å².